The van der Waals surface area contributed by atoms with Crippen LogP contribution in [0.2, 0.25) is 0 Å². The summed E-state index contributed by atoms with van der Waals surface area (Å²) in [6, 6.07) is 11.8. The second-order valence-electron chi connectivity index (χ2n) is 6.17. The number of hydrogen-bond acceptors (Lipinski definition) is 4. The summed E-state index contributed by atoms with van der Waals surface area (Å²) in [7, 11) is 0. The highest BCUT2D eigenvalue weighted by atomic mass is 16.5. The van der Waals surface area contributed by atoms with Crippen molar-refractivity contribution < 1.29 is 9.84 Å². The van der Waals surface area contributed by atoms with E-state index in [4.69, 9.17) is 4.74 Å². The molecule has 0 saturated heterocycles. The number of likely N-dealkylation sites (N-methyl/N-ethyl adjacent to an activating group) is 1. The third kappa shape index (κ3) is 3.12. The van der Waals surface area contributed by atoms with Crippen LogP contribution in [0.4, 0.5) is 5.69 Å². The Morgan fingerprint density at radius 2 is 1.88 bits per heavy atom. The van der Waals surface area contributed by atoms with Gasteiger partial charge < -0.3 is 20.1 Å². The van der Waals surface area contributed by atoms with Gasteiger partial charge in [0.15, 0.2) is 0 Å². The first kappa shape index (κ1) is 16.8. The molecule has 4 nitrogen and oxygen atoms in total. The first-order valence-corrected chi connectivity index (χ1v) is 8.70. The molecule has 0 bridgehead atoms. The summed E-state index contributed by atoms with van der Waals surface area (Å²) in [5, 5.41) is 14.4. The van der Waals surface area contributed by atoms with Gasteiger partial charge in [0.05, 0.1) is 5.56 Å². The summed E-state index contributed by atoms with van der Waals surface area (Å²) < 4.78 is 6.08. The predicted octanol–water partition coefficient (Wildman–Crippen LogP) is 3.94. The number of aryl methyl sites for hydroxylation is 1. The average Bonchev–Trinajstić information content (AvgIpc) is 2.61. The van der Waals surface area contributed by atoms with Crippen molar-refractivity contribution in [3.05, 3.63) is 53.1 Å². The Balaban J connectivity index is 1.86. The monoisotopic (exact) mass is 326 g/mol. The highest BCUT2D eigenvalue weighted by Gasteiger charge is 2.29. The van der Waals surface area contributed by atoms with Crippen LogP contribution in [0.5, 0.6) is 11.5 Å². The molecule has 0 saturated carbocycles. The zero-order chi connectivity index (χ0) is 17.1. The zero-order valence-corrected chi connectivity index (χ0v) is 14.7. The van der Waals surface area contributed by atoms with E-state index in [1.165, 1.54) is 0 Å². The standard InChI is InChI=1S/C20H26N2O2/c1-4-22(5-2)13-12-21-16-11-10-14(3)20-18(16)19(23)15-8-6-7-9-17(15)24-20/h6-11,19,21,23H,4-5,12-13H2,1-3H3. The van der Waals surface area contributed by atoms with Crippen molar-refractivity contribution in [2.24, 2.45) is 0 Å². The minimum Gasteiger partial charge on any atom is -0.456 e. The molecule has 1 unspecified atom stereocenters. The smallest absolute Gasteiger partial charge is 0.138 e. The third-order valence-electron chi connectivity index (χ3n) is 4.73. The maximum absolute atomic E-state index is 10.9. The third-order valence-corrected chi connectivity index (χ3v) is 4.73. The van der Waals surface area contributed by atoms with Crippen LogP contribution >= 0.6 is 0 Å². The van der Waals surface area contributed by atoms with E-state index >= 15 is 0 Å². The zero-order valence-electron chi connectivity index (χ0n) is 14.7. The van der Waals surface area contributed by atoms with Crippen molar-refractivity contribution in [1.82, 2.24) is 4.90 Å². The molecule has 0 aromatic heterocycles. The quantitative estimate of drug-likeness (QED) is 0.844. The van der Waals surface area contributed by atoms with Gasteiger partial charge in [0.2, 0.25) is 0 Å². The molecule has 2 N–H and O–H groups in total. The van der Waals surface area contributed by atoms with Crippen molar-refractivity contribution in [2.75, 3.05) is 31.5 Å². The minimum absolute atomic E-state index is 0.666. The van der Waals surface area contributed by atoms with Gasteiger partial charge in [-0.25, -0.2) is 0 Å². The van der Waals surface area contributed by atoms with Crippen molar-refractivity contribution in [3.8, 4) is 11.5 Å². The molecular formula is C20H26N2O2. The normalized spacial score (nSPS) is 15.6. The molecule has 4 heteroatoms. The summed E-state index contributed by atoms with van der Waals surface area (Å²) in [6.07, 6.45) is -0.666. The number of nitrogens with zero attached hydrogens (tertiary/aromatic N) is 1. The van der Waals surface area contributed by atoms with E-state index in [1.54, 1.807) is 0 Å². The molecule has 2 aromatic rings. The van der Waals surface area contributed by atoms with Crippen molar-refractivity contribution >= 4 is 5.69 Å². The van der Waals surface area contributed by atoms with E-state index in [2.05, 4.69) is 24.1 Å². The van der Waals surface area contributed by atoms with E-state index in [1.807, 2.05) is 43.3 Å². The summed E-state index contributed by atoms with van der Waals surface area (Å²) in [4.78, 5) is 2.37. The molecule has 1 aliphatic heterocycles. The number of nitrogens with one attached hydrogen (secondary N) is 1. The van der Waals surface area contributed by atoms with E-state index in [0.717, 1.165) is 60.1 Å². The number of rotatable bonds is 6. The molecule has 0 fully saturated rings. The van der Waals surface area contributed by atoms with Crippen LogP contribution in [0.25, 0.3) is 0 Å². The molecule has 0 aliphatic carbocycles. The molecule has 3 rings (SSSR count). The first-order valence-electron chi connectivity index (χ1n) is 8.70. The predicted molar refractivity (Wildman–Crippen MR) is 98.0 cm³/mol. The second-order valence-corrected chi connectivity index (χ2v) is 6.17. The van der Waals surface area contributed by atoms with Crippen LogP contribution in [0.15, 0.2) is 36.4 Å². The number of anilines is 1. The Kier molecular flexibility index (Phi) is 5.07. The number of ether oxygens (including phenoxy) is 1. The van der Waals surface area contributed by atoms with Gasteiger partial charge in [-0.1, -0.05) is 38.1 Å². The number of benzene rings is 2. The van der Waals surface area contributed by atoms with Gasteiger partial charge in [-0.05, 0) is 37.7 Å². The van der Waals surface area contributed by atoms with Gasteiger partial charge in [-0.3, -0.25) is 0 Å². The Hall–Kier alpha value is -2.04. The fraction of sp³-hybridized carbons (Fsp3) is 0.400. The lowest BCUT2D eigenvalue weighted by Gasteiger charge is -2.29. The highest BCUT2D eigenvalue weighted by molar-refractivity contribution is 5.66. The fourth-order valence-corrected chi connectivity index (χ4v) is 3.22. The Bertz CT molecular complexity index is 711. The van der Waals surface area contributed by atoms with E-state index < -0.39 is 6.10 Å². The van der Waals surface area contributed by atoms with Gasteiger partial charge in [0, 0.05) is 24.3 Å². The topological polar surface area (TPSA) is 44.7 Å². The summed E-state index contributed by atoms with van der Waals surface area (Å²) >= 11 is 0. The largest absolute Gasteiger partial charge is 0.456 e. The Labute approximate surface area is 144 Å². The molecule has 1 aliphatic rings. The van der Waals surface area contributed by atoms with Gasteiger partial charge in [0.1, 0.15) is 17.6 Å². The molecule has 0 radical (unpaired) electrons. The Morgan fingerprint density at radius 3 is 2.62 bits per heavy atom. The molecule has 128 valence electrons. The lowest BCUT2D eigenvalue weighted by atomic mass is 9.93. The van der Waals surface area contributed by atoms with Crippen LogP contribution in [0, 0.1) is 6.92 Å². The molecule has 24 heavy (non-hydrogen) atoms. The maximum atomic E-state index is 10.9. The Morgan fingerprint density at radius 1 is 1.12 bits per heavy atom. The first-order chi connectivity index (χ1) is 11.7. The number of aliphatic hydroxyl groups excluding tert-OH is 1. The van der Waals surface area contributed by atoms with Gasteiger partial charge in [-0.2, -0.15) is 0 Å². The lowest BCUT2D eigenvalue weighted by Crippen LogP contribution is -2.29. The molecule has 0 spiro atoms. The summed E-state index contributed by atoms with van der Waals surface area (Å²) in [6.45, 7) is 10.3. The SMILES string of the molecule is CCN(CC)CCNc1ccc(C)c2c1C(O)c1ccccc1O2. The van der Waals surface area contributed by atoms with Crippen molar-refractivity contribution in [3.63, 3.8) is 0 Å². The van der Waals surface area contributed by atoms with Crippen LogP contribution in [0.1, 0.15) is 36.6 Å². The summed E-state index contributed by atoms with van der Waals surface area (Å²) in [5.74, 6) is 1.51. The number of fused-ring (bicyclic) bond motifs is 2. The van der Waals surface area contributed by atoms with Crippen LogP contribution in [-0.4, -0.2) is 36.2 Å². The average molecular weight is 326 g/mol. The van der Waals surface area contributed by atoms with Crippen LogP contribution < -0.4 is 10.1 Å². The molecular weight excluding hydrogens is 300 g/mol. The molecule has 2 aromatic carbocycles. The molecule has 0 amide bonds. The van der Waals surface area contributed by atoms with Gasteiger partial charge in [0.25, 0.3) is 0 Å². The van der Waals surface area contributed by atoms with E-state index in [9.17, 15) is 5.11 Å². The highest BCUT2D eigenvalue weighted by Crippen LogP contribution is 2.47. The second kappa shape index (κ2) is 7.24. The summed E-state index contributed by atoms with van der Waals surface area (Å²) in [5.41, 5.74) is 3.65. The number of aliphatic hydroxyl groups is 1. The van der Waals surface area contributed by atoms with Crippen molar-refractivity contribution in [2.45, 2.75) is 26.9 Å². The van der Waals surface area contributed by atoms with Crippen LogP contribution in [-0.2, 0) is 0 Å². The van der Waals surface area contributed by atoms with Gasteiger partial charge >= 0.3 is 0 Å². The van der Waals surface area contributed by atoms with Crippen LogP contribution in [0.3, 0.4) is 0 Å². The van der Waals surface area contributed by atoms with Gasteiger partial charge in [-0.15, -0.1) is 0 Å². The number of para-hydroxylation sites is 1. The fourth-order valence-electron chi connectivity index (χ4n) is 3.22. The number of hydrogen-bond donors (Lipinski definition) is 2. The maximum Gasteiger partial charge on any atom is 0.138 e. The molecule has 1 atom stereocenters. The minimum atomic E-state index is -0.666. The lowest BCUT2D eigenvalue weighted by molar-refractivity contribution is 0.203. The van der Waals surface area contributed by atoms with E-state index in [0.29, 0.717) is 0 Å². The van der Waals surface area contributed by atoms with Crippen molar-refractivity contribution in [1.29, 1.82) is 0 Å². The van der Waals surface area contributed by atoms with E-state index in [-0.39, 0.29) is 0 Å². The molecule has 1 heterocycles.